The van der Waals surface area contributed by atoms with Gasteiger partial charge in [0.1, 0.15) is 5.54 Å². The van der Waals surface area contributed by atoms with Gasteiger partial charge in [-0.25, -0.2) is 0 Å². The number of hydrogen-bond acceptors (Lipinski definition) is 2. The standard InChI is InChI=1S/C7H12F3NO/c1-5-6(11-2,3-4-12-5)7(8,9)10/h5,11H,3-4H2,1-2H3. The number of ether oxygens (including phenoxy) is 1. The second-order valence-electron chi connectivity index (χ2n) is 2.98. The first-order valence-corrected chi connectivity index (χ1v) is 3.81. The molecule has 12 heavy (non-hydrogen) atoms. The van der Waals surface area contributed by atoms with Crippen LogP contribution in [0.4, 0.5) is 13.2 Å². The molecule has 2 unspecified atom stereocenters. The van der Waals surface area contributed by atoms with Crippen molar-refractivity contribution in [2.24, 2.45) is 0 Å². The van der Waals surface area contributed by atoms with Crippen LogP contribution in [0, 0.1) is 0 Å². The van der Waals surface area contributed by atoms with Crippen LogP contribution in [0.1, 0.15) is 13.3 Å². The van der Waals surface area contributed by atoms with Crippen molar-refractivity contribution in [1.82, 2.24) is 5.32 Å². The fourth-order valence-electron chi connectivity index (χ4n) is 1.58. The Morgan fingerprint density at radius 3 is 2.25 bits per heavy atom. The third kappa shape index (κ3) is 1.21. The van der Waals surface area contributed by atoms with E-state index in [0.717, 1.165) is 0 Å². The molecule has 72 valence electrons. The topological polar surface area (TPSA) is 21.3 Å². The molecule has 2 nitrogen and oxygen atoms in total. The van der Waals surface area contributed by atoms with Crippen molar-refractivity contribution in [1.29, 1.82) is 0 Å². The van der Waals surface area contributed by atoms with E-state index in [1.807, 2.05) is 0 Å². The maximum atomic E-state index is 12.5. The highest BCUT2D eigenvalue weighted by Gasteiger charge is 2.60. The first kappa shape index (κ1) is 9.80. The van der Waals surface area contributed by atoms with Gasteiger partial charge in [0, 0.05) is 13.0 Å². The lowest BCUT2D eigenvalue weighted by Gasteiger charge is -2.33. The van der Waals surface area contributed by atoms with Gasteiger partial charge >= 0.3 is 6.18 Å². The van der Waals surface area contributed by atoms with E-state index in [2.05, 4.69) is 5.32 Å². The number of halogens is 3. The van der Waals surface area contributed by atoms with Gasteiger partial charge in [-0.3, -0.25) is 0 Å². The molecule has 1 aliphatic heterocycles. The maximum absolute atomic E-state index is 12.5. The van der Waals surface area contributed by atoms with Crippen LogP contribution in [-0.4, -0.2) is 31.5 Å². The second-order valence-corrected chi connectivity index (χ2v) is 2.98. The Bertz CT molecular complexity index is 171. The van der Waals surface area contributed by atoms with Crippen molar-refractivity contribution in [3.8, 4) is 0 Å². The van der Waals surface area contributed by atoms with Crippen LogP contribution in [0.3, 0.4) is 0 Å². The average molecular weight is 183 g/mol. The van der Waals surface area contributed by atoms with Crippen molar-refractivity contribution in [3.63, 3.8) is 0 Å². The Kier molecular flexibility index (Phi) is 2.35. The van der Waals surface area contributed by atoms with Crippen LogP contribution in [0.2, 0.25) is 0 Å². The zero-order valence-corrected chi connectivity index (χ0v) is 7.03. The Hall–Kier alpha value is -0.290. The average Bonchev–Trinajstić information content (AvgIpc) is 2.30. The highest BCUT2D eigenvalue weighted by atomic mass is 19.4. The fourth-order valence-corrected chi connectivity index (χ4v) is 1.58. The molecule has 0 amide bonds. The number of nitrogens with one attached hydrogen (secondary N) is 1. The van der Waals surface area contributed by atoms with E-state index in [1.165, 1.54) is 14.0 Å². The molecule has 0 aromatic rings. The lowest BCUT2D eigenvalue weighted by atomic mass is 9.91. The summed E-state index contributed by atoms with van der Waals surface area (Å²) in [5.41, 5.74) is -1.84. The molecular weight excluding hydrogens is 171 g/mol. The van der Waals surface area contributed by atoms with Gasteiger partial charge in [-0.2, -0.15) is 13.2 Å². The summed E-state index contributed by atoms with van der Waals surface area (Å²) in [5.74, 6) is 0. The van der Waals surface area contributed by atoms with Crippen LogP contribution >= 0.6 is 0 Å². The molecule has 1 aliphatic rings. The Morgan fingerprint density at radius 1 is 1.50 bits per heavy atom. The first-order chi connectivity index (χ1) is 5.44. The molecule has 5 heteroatoms. The molecule has 1 heterocycles. The van der Waals surface area contributed by atoms with E-state index in [-0.39, 0.29) is 13.0 Å². The van der Waals surface area contributed by atoms with Crippen LogP contribution in [-0.2, 0) is 4.74 Å². The lowest BCUT2D eigenvalue weighted by Crippen LogP contribution is -2.59. The summed E-state index contributed by atoms with van der Waals surface area (Å²) in [7, 11) is 1.32. The highest BCUT2D eigenvalue weighted by Crippen LogP contribution is 2.40. The van der Waals surface area contributed by atoms with E-state index < -0.39 is 17.8 Å². The summed E-state index contributed by atoms with van der Waals surface area (Å²) in [6.45, 7) is 1.61. The minimum Gasteiger partial charge on any atom is -0.376 e. The summed E-state index contributed by atoms with van der Waals surface area (Å²) < 4.78 is 42.5. The molecule has 1 fully saturated rings. The molecule has 2 atom stereocenters. The monoisotopic (exact) mass is 183 g/mol. The van der Waals surface area contributed by atoms with Crippen molar-refractivity contribution < 1.29 is 17.9 Å². The molecule has 1 saturated heterocycles. The molecule has 0 saturated carbocycles. The molecule has 0 aromatic carbocycles. The summed E-state index contributed by atoms with van der Waals surface area (Å²) in [4.78, 5) is 0. The molecule has 0 aromatic heterocycles. The molecule has 0 radical (unpaired) electrons. The van der Waals surface area contributed by atoms with Gasteiger partial charge in [0.2, 0.25) is 0 Å². The van der Waals surface area contributed by atoms with Crippen molar-refractivity contribution in [2.45, 2.75) is 31.2 Å². The van der Waals surface area contributed by atoms with Gasteiger partial charge < -0.3 is 10.1 Å². The van der Waals surface area contributed by atoms with Crippen LogP contribution in [0.15, 0.2) is 0 Å². The molecule has 0 bridgehead atoms. The largest absolute Gasteiger partial charge is 0.409 e. The van der Waals surface area contributed by atoms with E-state index >= 15 is 0 Å². The number of rotatable bonds is 1. The fraction of sp³-hybridized carbons (Fsp3) is 1.00. The van der Waals surface area contributed by atoms with Crippen molar-refractivity contribution >= 4 is 0 Å². The van der Waals surface area contributed by atoms with E-state index in [4.69, 9.17) is 4.74 Å². The van der Waals surface area contributed by atoms with Gasteiger partial charge in [0.25, 0.3) is 0 Å². The Morgan fingerprint density at radius 2 is 2.08 bits per heavy atom. The third-order valence-electron chi connectivity index (χ3n) is 2.51. The first-order valence-electron chi connectivity index (χ1n) is 3.81. The Labute approximate surface area is 69.1 Å². The zero-order valence-electron chi connectivity index (χ0n) is 7.03. The molecule has 0 aliphatic carbocycles. The van der Waals surface area contributed by atoms with Crippen molar-refractivity contribution in [3.05, 3.63) is 0 Å². The van der Waals surface area contributed by atoms with Gasteiger partial charge in [-0.1, -0.05) is 0 Å². The predicted molar refractivity (Wildman–Crippen MR) is 37.9 cm³/mol. The Balaban J connectivity index is 2.89. The van der Waals surface area contributed by atoms with E-state index in [9.17, 15) is 13.2 Å². The number of hydrogen-bond donors (Lipinski definition) is 1. The number of alkyl halides is 3. The molecule has 1 N–H and O–H groups in total. The SMILES string of the molecule is CNC1(C(F)(F)F)CCOC1C. The van der Waals surface area contributed by atoms with Gasteiger partial charge in [0.15, 0.2) is 0 Å². The summed E-state index contributed by atoms with van der Waals surface area (Å²) in [6.07, 6.45) is -5.05. The van der Waals surface area contributed by atoms with Crippen LogP contribution < -0.4 is 5.32 Å². The minimum atomic E-state index is -4.24. The maximum Gasteiger partial charge on any atom is 0.409 e. The molecule has 1 rings (SSSR count). The zero-order chi connectivity index (χ0) is 9.41. The van der Waals surface area contributed by atoms with Crippen LogP contribution in [0.5, 0.6) is 0 Å². The van der Waals surface area contributed by atoms with Gasteiger partial charge in [0.05, 0.1) is 6.10 Å². The number of likely N-dealkylation sites (N-methyl/N-ethyl adjacent to an activating group) is 1. The second kappa shape index (κ2) is 2.88. The summed E-state index contributed by atoms with van der Waals surface area (Å²) in [5, 5.41) is 2.32. The normalized spacial score (nSPS) is 37.2. The highest BCUT2D eigenvalue weighted by molar-refractivity contribution is 5.02. The smallest absolute Gasteiger partial charge is 0.376 e. The van der Waals surface area contributed by atoms with Crippen molar-refractivity contribution in [2.75, 3.05) is 13.7 Å². The molecular formula is C7H12F3NO. The predicted octanol–water partition coefficient (Wildman–Crippen LogP) is 1.32. The summed E-state index contributed by atoms with van der Waals surface area (Å²) >= 11 is 0. The summed E-state index contributed by atoms with van der Waals surface area (Å²) in [6, 6.07) is 0. The van der Waals surface area contributed by atoms with Crippen LogP contribution in [0.25, 0.3) is 0 Å². The lowest BCUT2D eigenvalue weighted by molar-refractivity contribution is -0.206. The van der Waals surface area contributed by atoms with E-state index in [0.29, 0.717) is 0 Å². The third-order valence-corrected chi connectivity index (χ3v) is 2.51. The van der Waals surface area contributed by atoms with E-state index in [1.54, 1.807) is 0 Å². The van der Waals surface area contributed by atoms with Gasteiger partial charge in [-0.05, 0) is 14.0 Å². The molecule has 0 spiro atoms. The van der Waals surface area contributed by atoms with Gasteiger partial charge in [-0.15, -0.1) is 0 Å². The quantitative estimate of drug-likeness (QED) is 0.661. The minimum absolute atomic E-state index is 0.00579.